The number of benzene rings is 3. The van der Waals surface area contributed by atoms with Crippen LogP contribution >= 0.6 is 23.2 Å². The van der Waals surface area contributed by atoms with Crippen LogP contribution in [0.4, 0.5) is 5.69 Å². The van der Waals surface area contributed by atoms with Gasteiger partial charge >= 0.3 is 0 Å². The highest BCUT2D eigenvalue weighted by Crippen LogP contribution is 2.46. The summed E-state index contributed by atoms with van der Waals surface area (Å²) in [5.41, 5.74) is 6.06. The Morgan fingerprint density at radius 2 is 1.50 bits per heavy atom. The first-order valence-corrected chi connectivity index (χ1v) is 11.1. The van der Waals surface area contributed by atoms with E-state index >= 15 is 0 Å². The number of fused-ring (bicyclic) bond motifs is 1. The van der Waals surface area contributed by atoms with Crippen LogP contribution in [0.15, 0.2) is 89.5 Å². The number of rotatable bonds is 3. The number of hydrazone groups is 1. The molecule has 0 amide bonds. The van der Waals surface area contributed by atoms with E-state index in [2.05, 4.69) is 59.6 Å². The van der Waals surface area contributed by atoms with Gasteiger partial charge in [-0.1, -0.05) is 65.7 Å². The lowest BCUT2D eigenvalue weighted by Crippen LogP contribution is -2.28. The second-order valence-electron chi connectivity index (χ2n) is 7.88. The standard InChI is InChI=1S/C26H22Cl2N2/c27-21-13-9-18(10-14-21)17-20-5-4-8-24-25(20)29-30(23-6-2-1-3-7-23)26(24)19-11-15-22(28)16-12-19/h1-3,6-7,9-17,24,26H,4-5,8H2/b20-17+/t24-,26+/m0/s1. The molecule has 1 aliphatic heterocycles. The van der Waals surface area contributed by atoms with Gasteiger partial charge in [0.1, 0.15) is 0 Å². The van der Waals surface area contributed by atoms with Gasteiger partial charge in [0.15, 0.2) is 0 Å². The quantitative estimate of drug-likeness (QED) is 0.412. The summed E-state index contributed by atoms with van der Waals surface area (Å²) in [7, 11) is 0. The van der Waals surface area contributed by atoms with E-state index in [1.165, 1.54) is 22.4 Å². The van der Waals surface area contributed by atoms with Crippen LogP contribution in [-0.2, 0) is 0 Å². The van der Waals surface area contributed by atoms with Gasteiger partial charge in [0.2, 0.25) is 0 Å². The van der Waals surface area contributed by atoms with Crippen molar-refractivity contribution in [3.63, 3.8) is 0 Å². The summed E-state index contributed by atoms with van der Waals surface area (Å²) in [4.78, 5) is 0. The molecule has 2 aliphatic rings. The number of para-hydroxylation sites is 1. The van der Waals surface area contributed by atoms with Crippen molar-refractivity contribution in [2.75, 3.05) is 5.01 Å². The third-order valence-electron chi connectivity index (χ3n) is 5.94. The molecule has 30 heavy (non-hydrogen) atoms. The van der Waals surface area contributed by atoms with Crippen molar-refractivity contribution in [3.05, 3.63) is 106 Å². The van der Waals surface area contributed by atoms with Crippen molar-refractivity contribution in [1.82, 2.24) is 0 Å². The van der Waals surface area contributed by atoms with E-state index in [-0.39, 0.29) is 6.04 Å². The molecule has 0 bridgehead atoms. The van der Waals surface area contributed by atoms with Crippen LogP contribution in [0.25, 0.3) is 6.08 Å². The van der Waals surface area contributed by atoms with Crippen molar-refractivity contribution < 1.29 is 0 Å². The van der Waals surface area contributed by atoms with E-state index in [0.717, 1.165) is 35.0 Å². The second kappa shape index (κ2) is 8.29. The average Bonchev–Trinajstić information content (AvgIpc) is 3.17. The van der Waals surface area contributed by atoms with E-state index in [1.54, 1.807) is 0 Å². The van der Waals surface area contributed by atoms with E-state index in [4.69, 9.17) is 28.3 Å². The largest absolute Gasteiger partial charge is 0.257 e. The molecule has 0 spiro atoms. The molecular formula is C26H22Cl2N2. The highest BCUT2D eigenvalue weighted by atomic mass is 35.5. The van der Waals surface area contributed by atoms with Gasteiger partial charge in [-0.2, -0.15) is 5.10 Å². The van der Waals surface area contributed by atoms with Crippen molar-refractivity contribution in [2.45, 2.75) is 25.3 Å². The highest BCUT2D eigenvalue weighted by Gasteiger charge is 2.41. The summed E-state index contributed by atoms with van der Waals surface area (Å²) in [5, 5.41) is 8.90. The van der Waals surface area contributed by atoms with Crippen molar-refractivity contribution in [3.8, 4) is 0 Å². The molecule has 3 aromatic carbocycles. The van der Waals surface area contributed by atoms with Crippen LogP contribution < -0.4 is 5.01 Å². The molecule has 0 radical (unpaired) electrons. The van der Waals surface area contributed by atoms with Crippen LogP contribution in [0.2, 0.25) is 10.0 Å². The van der Waals surface area contributed by atoms with Gasteiger partial charge in [-0.15, -0.1) is 0 Å². The van der Waals surface area contributed by atoms with E-state index in [1.807, 2.05) is 30.3 Å². The summed E-state index contributed by atoms with van der Waals surface area (Å²) < 4.78 is 0. The van der Waals surface area contributed by atoms with Crippen molar-refractivity contribution in [2.24, 2.45) is 11.0 Å². The van der Waals surface area contributed by atoms with E-state index in [0.29, 0.717) is 5.92 Å². The summed E-state index contributed by atoms with van der Waals surface area (Å²) in [6.45, 7) is 0. The normalized spacial score (nSPS) is 22.1. The Balaban J connectivity index is 1.58. The fraction of sp³-hybridized carbons (Fsp3) is 0.192. The highest BCUT2D eigenvalue weighted by molar-refractivity contribution is 6.30. The zero-order valence-electron chi connectivity index (χ0n) is 16.5. The molecule has 2 nitrogen and oxygen atoms in total. The lowest BCUT2D eigenvalue weighted by molar-refractivity contribution is 0.488. The van der Waals surface area contributed by atoms with Crippen LogP contribution in [0, 0.1) is 5.92 Å². The lowest BCUT2D eigenvalue weighted by Gasteiger charge is -2.30. The zero-order chi connectivity index (χ0) is 20.5. The molecule has 1 saturated carbocycles. The Hall–Kier alpha value is -2.55. The number of halogens is 2. The van der Waals surface area contributed by atoms with E-state index < -0.39 is 0 Å². The van der Waals surface area contributed by atoms with Crippen molar-refractivity contribution in [1.29, 1.82) is 0 Å². The van der Waals surface area contributed by atoms with E-state index in [9.17, 15) is 0 Å². The minimum Gasteiger partial charge on any atom is -0.257 e. The predicted molar refractivity (Wildman–Crippen MR) is 127 cm³/mol. The summed E-state index contributed by atoms with van der Waals surface area (Å²) >= 11 is 12.2. The van der Waals surface area contributed by atoms with Crippen LogP contribution in [0.1, 0.15) is 36.4 Å². The Bertz CT molecular complexity index is 1090. The Labute approximate surface area is 187 Å². The Kier molecular flexibility index (Phi) is 5.37. The Morgan fingerprint density at radius 1 is 0.833 bits per heavy atom. The first-order valence-electron chi connectivity index (χ1n) is 10.3. The maximum Gasteiger partial charge on any atom is 0.0859 e. The molecule has 150 valence electrons. The molecular weight excluding hydrogens is 411 g/mol. The molecule has 1 heterocycles. The number of nitrogens with zero attached hydrogens (tertiary/aromatic N) is 2. The minimum absolute atomic E-state index is 0.175. The molecule has 5 rings (SSSR count). The molecule has 4 heteroatoms. The second-order valence-corrected chi connectivity index (χ2v) is 8.75. The number of hydrogen-bond acceptors (Lipinski definition) is 2. The van der Waals surface area contributed by atoms with Gasteiger partial charge in [-0.3, -0.25) is 5.01 Å². The third kappa shape index (κ3) is 3.78. The average molecular weight is 433 g/mol. The van der Waals surface area contributed by atoms with Gasteiger partial charge in [-0.05, 0) is 78.4 Å². The molecule has 1 aliphatic carbocycles. The zero-order valence-corrected chi connectivity index (χ0v) is 18.0. The van der Waals surface area contributed by atoms with Gasteiger partial charge < -0.3 is 0 Å². The number of anilines is 1. The van der Waals surface area contributed by atoms with Crippen molar-refractivity contribution >= 4 is 40.7 Å². The summed E-state index contributed by atoms with van der Waals surface area (Å²) in [6, 6.07) is 26.9. The Morgan fingerprint density at radius 3 is 2.20 bits per heavy atom. The molecule has 1 fully saturated rings. The first kappa shape index (κ1) is 19.4. The molecule has 2 atom stereocenters. The predicted octanol–water partition coefficient (Wildman–Crippen LogP) is 7.79. The third-order valence-corrected chi connectivity index (χ3v) is 6.45. The molecule has 3 aromatic rings. The molecule has 0 aromatic heterocycles. The van der Waals surface area contributed by atoms with Gasteiger partial charge in [0.05, 0.1) is 17.4 Å². The van der Waals surface area contributed by atoms with Gasteiger partial charge in [0, 0.05) is 16.0 Å². The van der Waals surface area contributed by atoms with Gasteiger partial charge in [-0.25, -0.2) is 0 Å². The lowest BCUT2D eigenvalue weighted by atomic mass is 9.77. The SMILES string of the molecule is Clc1ccc(/C=C2\CCC[C@H]3C2=NN(c2ccccc2)[C@@H]3c2ccc(Cl)cc2)cc1. The number of hydrogen-bond donors (Lipinski definition) is 0. The first-order chi connectivity index (χ1) is 14.7. The fourth-order valence-corrected chi connectivity index (χ4v) is 4.80. The molecule has 0 saturated heterocycles. The van der Waals surface area contributed by atoms with Gasteiger partial charge in [0.25, 0.3) is 0 Å². The van der Waals surface area contributed by atoms with Crippen LogP contribution in [-0.4, -0.2) is 5.71 Å². The topological polar surface area (TPSA) is 15.6 Å². The molecule has 0 unspecified atom stereocenters. The summed E-state index contributed by atoms with van der Waals surface area (Å²) in [6.07, 6.45) is 5.62. The smallest absolute Gasteiger partial charge is 0.0859 e. The summed E-state index contributed by atoms with van der Waals surface area (Å²) in [5.74, 6) is 0.360. The number of allylic oxidation sites excluding steroid dienone is 1. The molecule has 0 N–H and O–H groups in total. The monoisotopic (exact) mass is 432 g/mol. The fourth-order valence-electron chi connectivity index (χ4n) is 4.55. The maximum absolute atomic E-state index is 6.17. The van der Waals surface area contributed by atoms with Crippen LogP contribution in [0.5, 0.6) is 0 Å². The minimum atomic E-state index is 0.175. The van der Waals surface area contributed by atoms with Crippen LogP contribution in [0.3, 0.4) is 0 Å². The maximum atomic E-state index is 6.17.